The summed E-state index contributed by atoms with van der Waals surface area (Å²) in [4.78, 5) is 11.4. The summed E-state index contributed by atoms with van der Waals surface area (Å²) in [6.45, 7) is 0.420. The van der Waals surface area contributed by atoms with Crippen molar-refractivity contribution < 1.29 is 9.53 Å². The molecule has 1 amide bonds. The van der Waals surface area contributed by atoms with Gasteiger partial charge in [-0.25, -0.2) is 0 Å². The van der Waals surface area contributed by atoms with Crippen LogP contribution in [0.4, 0.5) is 0 Å². The fourth-order valence-electron chi connectivity index (χ4n) is 2.62. The summed E-state index contributed by atoms with van der Waals surface area (Å²) in [5.41, 5.74) is 11.9. The van der Waals surface area contributed by atoms with Crippen LogP contribution in [-0.4, -0.2) is 18.1 Å². The lowest BCUT2D eigenvalue weighted by molar-refractivity contribution is 0.0993. The van der Waals surface area contributed by atoms with Crippen LogP contribution < -0.4 is 16.2 Å². The van der Waals surface area contributed by atoms with Gasteiger partial charge in [-0.05, 0) is 31.0 Å². The minimum absolute atomic E-state index is 0.298. The number of nitrogens with two attached hydrogens (primary N) is 2. The number of ether oxygens (including phenoxy) is 1. The topological polar surface area (TPSA) is 78.3 Å². The molecule has 0 aromatic heterocycles. The molecule has 1 aliphatic carbocycles. The highest BCUT2D eigenvalue weighted by Gasteiger charge is 2.27. The largest absolute Gasteiger partial charge is 0.491 e. The molecule has 4 N–H and O–H groups in total. The minimum Gasteiger partial charge on any atom is -0.491 e. The number of carbonyl (C=O) groups is 1. The summed E-state index contributed by atoms with van der Waals surface area (Å²) in [5, 5.41) is 0. The van der Waals surface area contributed by atoms with Gasteiger partial charge in [0.2, 0.25) is 0 Å². The Kier molecular flexibility index (Phi) is 5.05. The summed E-state index contributed by atoms with van der Waals surface area (Å²) < 4.78 is 6.67. The van der Waals surface area contributed by atoms with Crippen molar-refractivity contribution in [3.05, 3.63) is 28.2 Å². The zero-order chi connectivity index (χ0) is 14.6. The van der Waals surface area contributed by atoms with Gasteiger partial charge in [0, 0.05) is 4.47 Å². The molecule has 0 spiro atoms. The maximum atomic E-state index is 11.4. The lowest BCUT2D eigenvalue weighted by atomic mass is 9.92. The molecule has 1 fully saturated rings. The van der Waals surface area contributed by atoms with Crippen LogP contribution in [0.5, 0.6) is 5.75 Å². The fraction of sp³-hybridized carbons (Fsp3) is 0.533. The van der Waals surface area contributed by atoms with E-state index in [9.17, 15) is 4.79 Å². The average molecular weight is 341 g/mol. The summed E-state index contributed by atoms with van der Waals surface area (Å²) in [6.07, 6.45) is 6.69. The number of hydrogen-bond acceptors (Lipinski definition) is 3. The van der Waals surface area contributed by atoms with Crippen LogP contribution in [0, 0.1) is 0 Å². The molecule has 0 heterocycles. The van der Waals surface area contributed by atoms with Crippen molar-refractivity contribution in [1.29, 1.82) is 0 Å². The molecule has 1 aliphatic rings. The molecule has 0 saturated heterocycles. The first-order valence-corrected chi connectivity index (χ1v) is 7.80. The van der Waals surface area contributed by atoms with Crippen molar-refractivity contribution in [2.75, 3.05) is 6.61 Å². The molecular formula is C15H21BrN2O2. The Bertz CT molecular complexity index is 483. The first-order chi connectivity index (χ1) is 9.50. The van der Waals surface area contributed by atoms with Crippen molar-refractivity contribution in [2.24, 2.45) is 11.5 Å². The summed E-state index contributed by atoms with van der Waals surface area (Å²) in [5.74, 6) is 0.0142. The minimum atomic E-state index is -0.487. The Labute approximate surface area is 128 Å². The first-order valence-electron chi connectivity index (χ1n) is 7.01. The normalized spacial score (nSPS) is 18.3. The maximum Gasteiger partial charge on any atom is 0.252 e. The number of hydrogen-bond donors (Lipinski definition) is 2. The smallest absolute Gasteiger partial charge is 0.252 e. The molecule has 1 aromatic carbocycles. The highest BCUT2D eigenvalue weighted by molar-refractivity contribution is 9.10. The van der Waals surface area contributed by atoms with Gasteiger partial charge < -0.3 is 16.2 Å². The van der Waals surface area contributed by atoms with E-state index in [-0.39, 0.29) is 5.54 Å². The van der Waals surface area contributed by atoms with Gasteiger partial charge in [0.05, 0.1) is 11.1 Å². The Morgan fingerprint density at radius 2 is 1.90 bits per heavy atom. The van der Waals surface area contributed by atoms with Crippen LogP contribution in [0.2, 0.25) is 0 Å². The van der Waals surface area contributed by atoms with Crippen LogP contribution in [-0.2, 0) is 0 Å². The highest BCUT2D eigenvalue weighted by atomic mass is 79.9. The quantitative estimate of drug-likeness (QED) is 0.827. The number of rotatable bonds is 4. The molecular weight excluding hydrogens is 320 g/mol. The molecule has 0 atom stereocenters. The Balaban J connectivity index is 2.09. The second kappa shape index (κ2) is 6.59. The predicted octanol–water partition coefficient (Wildman–Crippen LogP) is 2.98. The standard InChI is InChI=1S/C15H21BrN2O2/c16-11-5-6-12(14(17)19)13(9-11)20-10-15(18)7-3-1-2-4-8-15/h5-6,9H,1-4,7-8,10,18H2,(H2,17,19). The van der Waals surface area contributed by atoms with Crippen LogP contribution in [0.25, 0.3) is 0 Å². The number of benzene rings is 1. The van der Waals surface area contributed by atoms with Crippen LogP contribution in [0.15, 0.2) is 22.7 Å². The molecule has 0 unspecified atom stereocenters. The molecule has 110 valence electrons. The maximum absolute atomic E-state index is 11.4. The summed E-state index contributed by atoms with van der Waals surface area (Å²) in [6, 6.07) is 5.20. The molecule has 0 aliphatic heterocycles. The van der Waals surface area contributed by atoms with Gasteiger partial charge in [0.15, 0.2) is 0 Å². The zero-order valence-electron chi connectivity index (χ0n) is 11.5. The Morgan fingerprint density at radius 1 is 1.25 bits per heavy atom. The van der Waals surface area contributed by atoms with Gasteiger partial charge >= 0.3 is 0 Å². The van der Waals surface area contributed by atoms with Gasteiger partial charge in [-0.1, -0.05) is 41.6 Å². The number of halogens is 1. The lowest BCUT2D eigenvalue weighted by Gasteiger charge is -2.28. The van der Waals surface area contributed by atoms with Gasteiger partial charge in [-0.15, -0.1) is 0 Å². The zero-order valence-corrected chi connectivity index (χ0v) is 13.1. The molecule has 2 rings (SSSR count). The predicted molar refractivity (Wildman–Crippen MR) is 82.8 cm³/mol. The van der Waals surface area contributed by atoms with Gasteiger partial charge in [-0.3, -0.25) is 4.79 Å². The lowest BCUT2D eigenvalue weighted by Crippen LogP contribution is -2.45. The van der Waals surface area contributed by atoms with E-state index < -0.39 is 5.91 Å². The van der Waals surface area contributed by atoms with Gasteiger partial charge in [-0.2, -0.15) is 0 Å². The third kappa shape index (κ3) is 3.96. The second-order valence-electron chi connectivity index (χ2n) is 5.57. The van der Waals surface area contributed by atoms with Crippen molar-refractivity contribution in [2.45, 2.75) is 44.1 Å². The fourth-order valence-corrected chi connectivity index (χ4v) is 2.96. The number of carbonyl (C=O) groups excluding carboxylic acids is 1. The van der Waals surface area contributed by atoms with E-state index in [0.29, 0.717) is 17.9 Å². The van der Waals surface area contributed by atoms with E-state index in [2.05, 4.69) is 15.9 Å². The summed E-state index contributed by atoms with van der Waals surface area (Å²) >= 11 is 3.37. The number of primary amides is 1. The molecule has 1 aromatic rings. The van der Waals surface area contributed by atoms with Gasteiger partial charge in [0.25, 0.3) is 5.91 Å². The Morgan fingerprint density at radius 3 is 2.50 bits per heavy atom. The molecule has 20 heavy (non-hydrogen) atoms. The molecule has 1 saturated carbocycles. The van der Waals surface area contributed by atoms with E-state index in [4.69, 9.17) is 16.2 Å². The first kappa shape index (κ1) is 15.3. The highest BCUT2D eigenvalue weighted by Crippen LogP contribution is 2.28. The van der Waals surface area contributed by atoms with Crippen molar-refractivity contribution in [1.82, 2.24) is 0 Å². The molecule has 0 bridgehead atoms. The third-order valence-electron chi connectivity index (χ3n) is 3.82. The van der Waals surface area contributed by atoms with Crippen LogP contribution >= 0.6 is 15.9 Å². The summed E-state index contributed by atoms with van der Waals surface area (Å²) in [7, 11) is 0. The molecule has 5 heteroatoms. The third-order valence-corrected chi connectivity index (χ3v) is 4.32. The SMILES string of the molecule is NC(=O)c1ccc(Br)cc1OCC1(N)CCCCCC1. The van der Waals surface area contributed by atoms with E-state index in [1.54, 1.807) is 18.2 Å². The van der Waals surface area contributed by atoms with E-state index in [1.807, 2.05) is 0 Å². The monoisotopic (exact) mass is 340 g/mol. The van der Waals surface area contributed by atoms with Crippen molar-refractivity contribution in [3.8, 4) is 5.75 Å². The van der Waals surface area contributed by atoms with Crippen molar-refractivity contribution >= 4 is 21.8 Å². The molecule has 4 nitrogen and oxygen atoms in total. The number of amides is 1. The second-order valence-corrected chi connectivity index (χ2v) is 6.49. The Hall–Kier alpha value is -1.07. The van der Waals surface area contributed by atoms with E-state index in [0.717, 1.165) is 30.2 Å². The van der Waals surface area contributed by atoms with Crippen molar-refractivity contribution in [3.63, 3.8) is 0 Å². The van der Waals surface area contributed by atoms with Gasteiger partial charge in [0.1, 0.15) is 12.4 Å². The van der Waals surface area contributed by atoms with Crippen LogP contribution in [0.1, 0.15) is 48.9 Å². The average Bonchev–Trinajstić information content (AvgIpc) is 2.62. The van der Waals surface area contributed by atoms with E-state index in [1.165, 1.54) is 12.8 Å². The molecule has 0 radical (unpaired) electrons. The van der Waals surface area contributed by atoms with E-state index >= 15 is 0 Å². The van der Waals surface area contributed by atoms with Crippen LogP contribution in [0.3, 0.4) is 0 Å².